The Morgan fingerprint density at radius 3 is 1.80 bits per heavy atom. The Hall–Kier alpha value is -2.08. The number of rotatable bonds is 2. The van der Waals surface area contributed by atoms with Gasteiger partial charge in [0, 0.05) is 5.41 Å². The van der Waals surface area contributed by atoms with Gasteiger partial charge in [-0.2, -0.15) is 0 Å². The molecule has 3 aromatic rings. The summed E-state index contributed by atoms with van der Waals surface area (Å²) in [6.07, 6.45) is 0. The summed E-state index contributed by atoms with van der Waals surface area (Å²) in [7, 11) is 0. The molecule has 0 fully saturated rings. The van der Waals surface area contributed by atoms with E-state index in [1.165, 1.54) is 38.6 Å². The van der Waals surface area contributed by atoms with Crippen LogP contribution in [0.4, 0.5) is 0 Å². The molecule has 4 rings (SSSR count). The Kier molecular flexibility index (Phi) is 3.58. The first-order chi connectivity index (χ1) is 11.9. The molecule has 0 N–H and O–H groups in total. The van der Waals surface area contributed by atoms with E-state index < -0.39 is 0 Å². The summed E-state index contributed by atoms with van der Waals surface area (Å²) in [5.74, 6) is 1.01. The summed E-state index contributed by atoms with van der Waals surface area (Å²) in [6.45, 7) is 14.2. The Morgan fingerprint density at radius 1 is 0.680 bits per heavy atom. The van der Waals surface area contributed by atoms with Crippen LogP contribution in [-0.2, 0) is 5.41 Å². The quantitative estimate of drug-likeness (QED) is 0.460. The van der Waals surface area contributed by atoms with Gasteiger partial charge in [0.25, 0.3) is 0 Å². The minimum absolute atomic E-state index is 0.0548. The van der Waals surface area contributed by atoms with Crippen LogP contribution >= 0.6 is 0 Å². The van der Waals surface area contributed by atoms with Crippen molar-refractivity contribution < 1.29 is 0 Å². The second-order valence-electron chi connectivity index (χ2n) is 8.60. The Bertz CT molecular complexity index is 971. The lowest BCUT2D eigenvalue weighted by Crippen LogP contribution is -2.18. The molecular weight excluding hydrogens is 300 g/mol. The molecule has 0 atom stereocenters. The van der Waals surface area contributed by atoms with Gasteiger partial charge < -0.3 is 0 Å². The van der Waals surface area contributed by atoms with Crippen molar-refractivity contribution in [3.05, 3.63) is 70.8 Å². The fourth-order valence-corrected chi connectivity index (χ4v) is 5.00. The van der Waals surface area contributed by atoms with Gasteiger partial charge in [0.1, 0.15) is 0 Å². The zero-order chi connectivity index (χ0) is 17.9. The van der Waals surface area contributed by atoms with Gasteiger partial charge >= 0.3 is 0 Å². The molecule has 0 aliphatic heterocycles. The summed E-state index contributed by atoms with van der Waals surface area (Å²) in [5.41, 5.74) is 9.11. The van der Waals surface area contributed by atoms with Crippen molar-refractivity contribution in [2.24, 2.45) is 0 Å². The summed E-state index contributed by atoms with van der Waals surface area (Å²) >= 11 is 0. The molecule has 0 bridgehead atoms. The van der Waals surface area contributed by atoms with Crippen LogP contribution in [0.5, 0.6) is 0 Å². The highest BCUT2D eigenvalue weighted by Gasteiger charge is 2.40. The fourth-order valence-electron chi connectivity index (χ4n) is 5.00. The van der Waals surface area contributed by atoms with Gasteiger partial charge in [-0.1, -0.05) is 90.1 Å². The molecule has 0 spiro atoms. The van der Waals surface area contributed by atoms with Gasteiger partial charge in [-0.05, 0) is 56.0 Å². The van der Waals surface area contributed by atoms with Crippen LogP contribution in [-0.4, -0.2) is 0 Å². The molecule has 0 amide bonds. The van der Waals surface area contributed by atoms with E-state index in [4.69, 9.17) is 0 Å². The van der Waals surface area contributed by atoms with E-state index in [1.54, 1.807) is 5.56 Å². The molecule has 0 saturated heterocycles. The van der Waals surface area contributed by atoms with E-state index >= 15 is 0 Å². The standard InChI is InChI=1S/C25H28/c1-15(2)21-17-11-7-8-12-18(17)22(16(3)4)24-23(21)19-13-9-10-14-20(19)25(24,5)6/h7-16H,1-6H3. The van der Waals surface area contributed by atoms with Gasteiger partial charge in [0.15, 0.2) is 0 Å². The van der Waals surface area contributed by atoms with Crippen LogP contribution in [0.15, 0.2) is 48.5 Å². The molecule has 128 valence electrons. The normalized spacial score (nSPS) is 15.0. The monoisotopic (exact) mass is 328 g/mol. The van der Waals surface area contributed by atoms with Crippen LogP contribution in [0.2, 0.25) is 0 Å². The highest BCUT2D eigenvalue weighted by molar-refractivity contribution is 6.00. The lowest BCUT2D eigenvalue weighted by molar-refractivity contribution is 0.643. The van der Waals surface area contributed by atoms with Crippen molar-refractivity contribution >= 4 is 10.8 Å². The van der Waals surface area contributed by atoms with Crippen molar-refractivity contribution in [2.45, 2.75) is 58.8 Å². The number of benzene rings is 3. The first kappa shape index (κ1) is 16.4. The van der Waals surface area contributed by atoms with Crippen LogP contribution < -0.4 is 0 Å². The molecule has 1 aliphatic rings. The Balaban J connectivity index is 2.30. The van der Waals surface area contributed by atoms with Gasteiger partial charge in [0.05, 0.1) is 0 Å². The molecule has 0 radical (unpaired) electrons. The second-order valence-corrected chi connectivity index (χ2v) is 8.60. The van der Waals surface area contributed by atoms with Gasteiger partial charge in [0.2, 0.25) is 0 Å². The van der Waals surface area contributed by atoms with Crippen molar-refractivity contribution in [2.75, 3.05) is 0 Å². The molecule has 1 aliphatic carbocycles. The van der Waals surface area contributed by atoms with E-state index in [1.807, 2.05) is 0 Å². The molecule has 0 aromatic heterocycles. The first-order valence-electron chi connectivity index (χ1n) is 9.54. The third-order valence-corrected chi connectivity index (χ3v) is 5.95. The van der Waals surface area contributed by atoms with Crippen molar-refractivity contribution in [1.29, 1.82) is 0 Å². The summed E-state index contributed by atoms with van der Waals surface area (Å²) in [4.78, 5) is 0. The minimum Gasteiger partial charge on any atom is -0.0619 e. The van der Waals surface area contributed by atoms with E-state index in [2.05, 4.69) is 90.1 Å². The molecule has 0 heteroatoms. The maximum atomic E-state index is 2.41. The first-order valence-corrected chi connectivity index (χ1v) is 9.54. The zero-order valence-corrected chi connectivity index (χ0v) is 16.3. The maximum Gasteiger partial charge on any atom is 0.0162 e. The minimum atomic E-state index is 0.0548. The summed E-state index contributed by atoms with van der Waals surface area (Å²) in [5, 5.41) is 2.88. The maximum absolute atomic E-state index is 2.41. The van der Waals surface area contributed by atoms with Crippen LogP contribution in [0.3, 0.4) is 0 Å². The second kappa shape index (κ2) is 5.46. The number of fused-ring (bicyclic) bond motifs is 4. The average molecular weight is 328 g/mol. The lowest BCUT2D eigenvalue weighted by Gasteiger charge is -2.29. The lowest BCUT2D eigenvalue weighted by atomic mass is 9.74. The highest BCUT2D eigenvalue weighted by Crippen LogP contribution is 2.56. The fraction of sp³-hybridized carbons (Fsp3) is 0.360. The topological polar surface area (TPSA) is 0 Å². The SMILES string of the molecule is CC(C)c1c2c(c(C(C)C)c3ccccc13)C(C)(C)c1ccccc1-2. The molecule has 25 heavy (non-hydrogen) atoms. The van der Waals surface area contributed by atoms with E-state index in [0.29, 0.717) is 11.8 Å². The molecule has 0 nitrogen and oxygen atoms in total. The van der Waals surface area contributed by atoms with E-state index in [9.17, 15) is 0 Å². The third-order valence-electron chi connectivity index (χ3n) is 5.95. The molecular formula is C25H28. The smallest absolute Gasteiger partial charge is 0.0162 e. The van der Waals surface area contributed by atoms with Crippen LogP contribution in [0, 0.1) is 0 Å². The van der Waals surface area contributed by atoms with E-state index in [0.717, 1.165) is 0 Å². The van der Waals surface area contributed by atoms with Crippen LogP contribution in [0.25, 0.3) is 21.9 Å². The van der Waals surface area contributed by atoms with Gasteiger partial charge in [-0.15, -0.1) is 0 Å². The molecule has 3 aromatic carbocycles. The Labute approximate surface area is 151 Å². The number of hydrogen-bond acceptors (Lipinski definition) is 0. The zero-order valence-electron chi connectivity index (χ0n) is 16.3. The van der Waals surface area contributed by atoms with Gasteiger partial charge in [-0.25, -0.2) is 0 Å². The molecule has 0 saturated carbocycles. The summed E-state index contributed by atoms with van der Waals surface area (Å²) in [6, 6.07) is 18.1. The summed E-state index contributed by atoms with van der Waals surface area (Å²) < 4.78 is 0. The van der Waals surface area contributed by atoms with Gasteiger partial charge in [-0.3, -0.25) is 0 Å². The largest absolute Gasteiger partial charge is 0.0619 e. The molecule has 0 unspecified atom stereocenters. The van der Waals surface area contributed by atoms with Crippen LogP contribution in [0.1, 0.15) is 75.6 Å². The predicted octanol–water partition coefficient (Wildman–Crippen LogP) is 7.39. The number of hydrogen-bond donors (Lipinski definition) is 0. The Morgan fingerprint density at radius 2 is 1.20 bits per heavy atom. The average Bonchev–Trinajstić information content (AvgIpc) is 2.80. The predicted molar refractivity (Wildman–Crippen MR) is 110 cm³/mol. The highest BCUT2D eigenvalue weighted by atomic mass is 14.4. The molecule has 0 heterocycles. The van der Waals surface area contributed by atoms with E-state index in [-0.39, 0.29) is 5.41 Å². The van der Waals surface area contributed by atoms with Crippen molar-refractivity contribution in [1.82, 2.24) is 0 Å². The van der Waals surface area contributed by atoms with Crippen molar-refractivity contribution in [3.8, 4) is 11.1 Å². The van der Waals surface area contributed by atoms with Crippen molar-refractivity contribution in [3.63, 3.8) is 0 Å². The third kappa shape index (κ3) is 2.13.